The minimum atomic E-state index is -0.906. The van der Waals surface area contributed by atoms with Crippen LogP contribution in [0.1, 0.15) is 10.4 Å². The molecule has 0 fully saturated rings. The molecule has 0 bridgehead atoms. The van der Waals surface area contributed by atoms with Crippen LogP contribution in [0.25, 0.3) is 11.1 Å². The molecule has 0 heterocycles. The van der Waals surface area contributed by atoms with Crippen molar-refractivity contribution in [1.29, 1.82) is 0 Å². The number of hydrogen-bond donors (Lipinski definition) is 1. The van der Waals surface area contributed by atoms with Crippen molar-refractivity contribution >= 4 is 23.2 Å². The third-order valence-corrected chi connectivity index (χ3v) is 3.77. The number of anilines is 1. The average molecular weight is 344 g/mol. The largest absolute Gasteiger partial charge is 0.321 e. The smallest absolute Gasteiger partial charge is 0.261 e. The summed E-state index contributed by atoms with van der Waals surface area (Å²) >= 11 is 5.89. The van der Waals surface area contributed by atoms with E-state index in [1.165, 1.54) is 6.07 Å². The molecule has 3 aromatic rings. The lowest BCUT2D eigenvalue weighted by Crippen LogP contribution is -2.16. The van der Waals surface area contributed by atoms with Crippen LogP contribution in [0.3, 0.4) is 0 Å². The summed E-state index contributed by atoms with van der Waals surface area (Å²) < 4.78 is 27.5. The van der Waals surface area contributed by atoms with Gasteiger partial charge in [-0.25, -0.2) is 8.78 Å². The Bertz CT molecular complexity index is 874. The molecule has 5 heteroatoms. The topological polar surface area (TPSA) is 29.1 Å². The number of halogens is 3. The first kappa shape index (κ1) is 16.1. The van der Waals surface area contributed by atoms with Crippen LogP contribution in [0.5, 0.6) is 0 Å². The molecule has 0 aliphatic heterocycles. The molecular weight excluding hydrogens is 332 g/mol. The molecule has 0 aliphatic rings. The maximum Gasteiger partial charge on any atom is 0.261 e. The normalized spacial score (nSPS) is 10.5. The van der Waals surface area contributed by atoms with Gasteiger partial charge in [0.15, 0.2) is 0 Å². The zero-order valence-corrected chi connectivity index (χ0v) is 13.1. The second kappa shape index (κ2) is 6.81. The lowest BCUT2D eigenvalue weighted by molar-refractivity contribution is 0.101. The van der Waals surface area contributed by atoms with Crippen molar-refractivity contribution in [2.45, 2.75) is 0 Å². The molecule has 0 unspecified atom stereocenters. The van der Waals surface area contributed by atoms with Gasteiger partial charge in [-0.05, 0) is 35.9 Å². The summed E-state index contributed by atoms with van der Waals surface area (Å²) in [7, 11) is 0. The Morgan fingerprint density at radius 1 is 0.833 bits per heavy atom. The molecule has 1 amide bonds. The van der Waals surface area contributed by atoms with Crippen molar-refractivity contribution in [1.82, 2.24) is 0 Å². The fourth-order valence-corrected chi connectivity index (χ4v) is 2.50. The number of para-hydroxylation sites is 1. The highest BCUT2D eigenvalue weighted by Crippen LogP contribution is 2.29. The third kappa shape index (κ3) is 3.29. The molecule has 120 valence electrons. The summed E-state index contributed by atoms with van der Waals surface area (Å²) in [5.74, 6) is -2.65. The molecule has 0 spiro atoms. The van der Waals surface area contributed by atoms with Crippen LogP contribution in [-0.4, -0.2) is 5.91 Å². The van der Waals surface area contributed by atoms with Gasteiger partial charge in [-0.3, -0.25) is 4.79 Å². The van der Waals surface area contributed by atoms with Crippen molar-refractivity contribution < 1.29 is 13.6 Å². The van der Waals surface area contributed by atoms with Crippen LogP contribution in [0.4, 0.5) is 14.5 Å². The molecule has 0 radical (unpaired) electrons. The summed E-state index contributed by atoms with van der Waals surface area (Å²) in [6.07, 6.45) is 0. The highest BCUT2D eigenvalue weighted by Gasteiger charge is 2.18. The Morgan fingerprint density at radius 2 is 1.46 bits per heavy atom. The summed E-state index contributed by atoms with van der Waals surface area (Å²) in [6.45, 7) is 0. The fraction of sp³-hybridized carbons (Fsp3) is 0. The first-order valence-electron chi connectivity index (χ1n) is 7.16. The van der Waals surface area contributed by atoms with Crippen LogP contribution in [0.2, 0.25) is 5.02 Å². The monoisotopic (exact) mass is 343 g/mol. The Labute approximate surface area is 142 Å². The average Bonchev–Trinajstić information content (AvgIpc) is 2.56. The molecular formula is C19H12ClF2NO. The zero-order chi connectivity index (χ0) is 17.1. The summed E-state index contributed by atoms with van der Waals surface area (Å²) in [4.78, 5) is 12.3. The molecule has 0 atom stereocenters. The number of carbonyl (C=O) groups excluding carboxylic acids is 1. The SMILES string of the molecule is O=C(Nc1ccccc1-c1ccc(Cl)cc1)c1c(F)cccc1F. The van der Waals surface area contributed by atoms with Gasteiger partial charge in [0, 0.05) is 16.3 Å². The summed E-state index contributed by atoms with van der Waals surface area (Å²) in [5.41, 5.74) is 1.39. The van der Waals surface area contributed by atoms with Gasteiger partial charge < -0.3 is 5.32 Å². The van der Waals surface area contributed by atoms with Gasteiger partial charge in [0.2, 0.25) is 0 Å². The van der Waals surface area contributed by atoms with Crippen LogP contribution < -0.4 is 5.32 Å². The van der Waals surface area contributed by atoms with Crippen LogP contribution >= 0.6 is 11.6 Å². The van der Waals surface area contributed by atoms with Crippen molar-refractivity contribution in [3.8, 4) is 11.1 Å². The van der Waals surface area contributed by atoms with Gasteiger partial charge in [-0.15, -0.1) is 0 Å². The van der Waals surface area contributed by atoms with E-state index in [2.05, 4.69) is 5.32 Å². The molecule has 0 aliphatic carbocycles. The standard InChI is InChI=1S/C19H12ClF2NO/c20-13-10-8-12(9-11-13)14-4-1-2-7-17(14)23-19(24)18-15(21)5-3-6-16(18)22/h1-11H,(H,23,24). The number of amides is 1. The highest BCUT2D eigenvalue weighted by atomic mass is 35.5. The van der Waals surface area contributed by atoms with Gasteiger partial charge in [-0.2, -0.15) is 0 Å². The molecule has 1 N–H and O–H groups in total. The predicted molar refractivity (Wildman–Crippen MR) is 91.2 cm³/mol. The van der Waals surface area contributed by atoms with E-state index >= 15 is 0 Å². The van der Waals surface area contributed by atoms with E-state index in [4.69, 9.17) is 11.6 Å². The Hall–Kier alpha value is -2.72. The molecule has 3 rings (SSSR count). The molecule has 0 aromatic heterocycles. The van der Waals surface area contributed by atoms with Gasteiger partial charge >= 0.3 is 0 Å². The lowest BCUT2D eigenvalue weighted by Gasteiger charge is -2.12. The quantitative estimate of drug-likeness (QED) is 0.665. The summed E-state index contributed by atoms with van der Waals surface area (Å²) in [5, 5.41) is 3.16. The number of hydrogen-bond acceptors (Lipinski definition) is 1. The van der Waals surface area contributed by atoms with E-state index < -0.39 is 23.1 Å². The maximum atomic E-state index is 13.8. The summed E-state index contributed by atoms with van der Waals surface area (Å²) in [6, 6.07) is 17.4. The second-order valence-electron chi connectivity index (χ2n) is 5.10. The first-order chi connectivity index (χ1) is 11.6. The molecule has 0 saturated heterocycles. The van der Waals surface area contributed by atoms with Crippen LogP contribution in [0, 0.1) is 11.6 Å². The minimum absolute atomic E-state index is 0.451. The Balaban J connectivity index is 1.96. The minimum Gasteiger partial charge on any atom is -0.321 e. The van der Waals surface area contributed by atoms with Crippen molar-refractivity contribution in [2.24, 2.45) is 0 Å². The highest BCUT2D eigenvalue weighted by molar-refractivity contribution is 6.30. The van der Waals surface area contributed by atoms with E-state index in [-0.39, 0.29) is 0 Å². The molecule has 3 aromatic carbocycles. The number of benzene rings is 3. The van der Waals surface area contributed by atoms with Crippen molar-refractivity contribution in [3.05, 3.63) is 89.0 Å². The molecule has 0 saturated carbocycles. The van der Waals surface area contributed by atoms with E-state index in [0.717, 1.165) is 23.3 Å². The molecule has 2 nitrogen and oxygen atoms in total. The van der Waals surface area contributed by atoms with E-state index in [9.17, 15) is 13.6 Å². The predicted octanol–water partition coefficient (Wildman–Crippen LogP) is 5.54. The number of carbonyl (C=O) groups is 1. The number of rotatable bonds is 3. The molecule has 24 heavy (non-hydrogen) atoms. The van der Waals surface area contributed by atoms with E-state index in [0.29, 0.717) is 10.7 Å². The van der Waals surface area contributed by atoms with E-state index in [1.54, 1.807) is 42.5 Å². The van der Waals surface area contributed by atoms with Gasteiger partial charge in [0.25, 0.3) is 5.91 Å². The Morgan fingerprint density at radius 3 is 2.12 bits per heavy atom. The van der Waals surface area contributed by atoms with Crippen LogP contribution in [0.15, 0.2) is 66.7 Å². The Kier molecular flexibility index (Phi) is 4.58. The third-order valence-electron chi connectivity index (χ3n) is 3.52. The lowest BCUT2D eigenvalue weighted by atomic mass is 10.0. The van der Waals surface area contributed by atoms with Crippen molar-refractivity contribution in [2.75, 3.05) is 5.32 Å². The zero-order valence-electron chi connectivity index (χ0n) is 12.4. The van der Waals surface area contributed by atoms with E-state index in [1.807, 2.05) is 6.07 Å². The number of nitrogens with one attached hydrogen (secondary N) is 1. The van der Waals surface area contributed by atoms with Gasteiger partial charge in [0.1, 0.15) is 17.2 Å². The first-order valence-corrected chi connectivity index (χ1v) is 7.54. The fourth-order valence-electron chi connectivity index (χ4n) is 2.37. The van der Waals surface area contributed by atoms with Gasteiger partial charge in [-0.1, -0.05) is 48.0 Å². The van der Waals surface area contributed by atoms with Crippen molar-refractivity contribution in [3.63, 3.8) is 0 Å². The maximum absolute atomic E-state index is 13.8. The van der Waals surface area contributed by atoms with Crippen LogP contribution in [-0.2, 0) is 0 Å². The second-order valence-corrected chi connectivity index (χ2v) is 5.54. The van der Waals surface area contributed by atoms with Gasteiger partial charge in [0.05, 0.1) is 0 Å².